The normalized spacial score (nSPS) is 13.9. The van der Waals surface area contributed by atoms with Gasteiger partial charge in [0.1, 0.15) is 5.75 Å². The summed E-state index contributed by atoms with van der Waals surface area (Å²) in [4.78, 5) is 25.5. The molecule has 3 aromatic carbocycles. The first kappa shape index (κ1) is 25.9. The maximum atomic E-state index is 13.4. The van der Waals surface area contributed by atoms with Gasteiger partial charge < -0.3 is 29.6 Å². The molecule has 1 aliphatic carbocycles. The highest BCUT2D eigenvalue weighted by atomic mass is 16.5. The molecule has 0 aliphatic heterocycles. The van der Waals surface area contributed by atoms with E-state index in [2.05, 4.69) is 10.6 Å². The molecule has 0 saturated heterocycles. The molecule has 0 heterocycles. The third-order valence-corrected chi connectivity index (χ3v) is 6.58. The van der Waals surface area contributed by atoms with Crippen molar-refractivity contribution in [3.05, 3.63) is 75.4 Å². The molecule has 0 bridgehead atoms. The number of hydrogen-bond acceptors (Lipinski definition) is 7. The van der Waals surface area contributed by atoms with Gasteiger partial charge in [-0.1, -0.05) is 24.3 Å². The van der Waals surface area contributed by atoms with Crippen LogP contribution in [0.3, 0.4) is 0 Å². The fourth-order valence-corrected chi connectivity index (χ4v) is 4.89. The lowest BCUT2D eigenvalue weighted by atomic mass is 9.95. The maximum Gasteiger partial charge on any atom is 0.217 e. The molecule has 4 rings (SSSR count). The van der Waals surface area contributed by atoms with Crippen LogP contribution in [0.1, 0.15) is 36.1 Å². The van der Waals surface area contributed by atoms with Crippen LogP contribution in [0.2, 0.25) is 0 Å². The largest absolute Gasteiger partial charge is 0.496 e. The Bertz CT molecular complexity index is 1370. The average molecular weight is 505 g/mol. The number of hydrogen-bond donors (Lipinski definition) is 2. The molecule has 0 saturated carbocycles. The molecule has 0 radical (unpaired) electrons. The number of anilines is 1. The van der Waals surface area contributed by atoms with Crippen LogP contribution in [-0.2, 0) is 17.8 Å². The fourth-order valence-electron chi connectivity index (χ4n) is 4.89. The van der Waals surface area contributed by atoms with E-state index in [0.717, 1.165) is 33.6 Å². The number of para-hydroxylation sites is 1. The molecule has 1 atom stereocenters. The molecule has 0 spiro atoms. The van der Waals surface area contributed by atoms with Gasteiger partial charge in [0.2, 0.25) is 17.1 Å². The smallest absolute Gasteiger partial charge is 0.217 e. The van der Waals surface area contributed by atoms with Gasteiger partial charge in [0.25, 0.3) is 0 Å². The summed E-state index contributed by atoms with van der Waals surface area (Å²) in [5.41, 5.74) is 4.47. The van der Waals surface area contributed by atoms with Crippen molar-refractivity contribution in [2.24, 2.45) is 0 Å². The molecule has 0 unspecified atom stereocenters. The highest BCUT2D eigenvalue weighted by Gasteiger charge is 2.29. The number of carbonyl (C=O) groups excluding carboxylic acids is 1. The second-order valence-electron chi connectivity index (χ2n) is 8.76. The minimum absolute atomic E-state index is 0.169. The van der Waals surface area contributed by atoms with Crippen LogP contribution in [0, 0.1) is 0 Å². The molecule has 8 nitrogen and oxygen atoms in total. The first-order valence-electron chi connectivity index (χ1n) is 12.0. The van der Waals surface area contributed by atoms with Crippen LogP contribution < -0.4 is 35.0 Å². The Morgan fingerprint density at radius 3 is 2.32 bits per heavy atom. The predicted octanol–water partition coefficient (Wildman–Crippen LogP) is 4.48. The SMILES string of the molecule is COc1ccccc1CNc1ccc2c(cc1=O)[C@@H](NC(C)=O)CCc1cc(OC)c(OC)c(OC)c1-2. The maximum absolute atomic E-state index is 13.4. The summed E-state index contributed by atoms with van der Waals surface area (Å²) in [5.74, 6) is 2.11. The van der Waals surface area contributed by atoms with E-state index in [1.54, 1.807) is 40.6 Å². The molecule has 2 N–H and O–H groups in total. The molecule has 37 heavy (non-hydrogen) atoms. The van der Waals surface area contributed by atoms with Crippen molar-refractivity contribution in [2.45, 2.75) is 32.4 Å². The average Bonchev–Trinajstić information content (AvgIpc) is 3.14. The number of methoxy groups -OCH3 is 4. The van der Waals surface area contributed by atoms with Gasteiger partial charge in [-0.3, -0.25) is 9.59 Å². The summed E-state index contributed by atoms with van der Waals surface area (Å²) in [7, 11) is 6.34. The van der Waals surface area contributed by atoms with Gasteiger partial charge in [0.15, 0.2) is 11.5 Å². The zero-order valence-corrected chi connectivity index (χ0v) is 21.8. The second-order valence-corrected chi connectivity index (χ2v) is 8.76. The van der Waals surface area contributed by atoms with E-state index in [1.165, 1.54) is 6.92 Å². The van der Waals surface area contributed by atoms with E-state index in [0.29, 0.717) is 42.3 Å². The van der Waals surface area contributed by atoms with Crippen LogP contribution in [-0.4, -0.2) is 34.3 Å². The number of nitrogens with one attached hydrogen (secondary N) is 2. The van der Waals surface area contributed by atoms with Crippen LogP contribution >= 0.6 is 0 Å². The van der Waals surface area contributed by atoms with E-state index in [1.807, 2.05) is 36.4 Å². The van der Waals surface area contributed by atoms with Crippen LogP contribution in [0.15, 0.2) is 53.3 Å². The number of rotatable bonds is 8. The Hall–Kier alpha value is -4.20. The Morgan fingerprint density at radius 2 is 1.65 bits per heavy atom. The Kier molecular flexibility index (Phi) is 7.86. The minimum Gasteiger partial charge on any atom is -0.496 e. The molecule has 1 amide bonds. The van der Waals surface area contributed by atoms with Crippen molar-refractivity contribution in [3.63, 3.8) is 0 Å². The van der Waals surface area contributed by atoms with Crippen molar-refractivity contribution in [3.8, 4) is 34.1 Å². The van der Waals surface area contributed by atoms with Crippen molar-refractivity contribution in [1.29, 1.82) is 0 Å². The Balaban J connectivity index is 1.89. The zero-order chi connectivity index (χ0) is 26.5. The van der Waals surface area contributed by atoms with Gasteiger partial charge in [-0.05, 0) is 53.8 Å². The van der Waals surface area contributed by atoms with Gasteiger partial charge in [-0.15, -0.1) is 0 Å². The molecule has 3 aromatic rings. The summed E-state index contributed by atoms with van der Waals surface area (Å²) in [6, 6.07) is 14.5. The van der Waals surface area contributed by atoms with E-state index >= 15 is 0 Å². The molecule has 0 aromatic heterocycles. The minimum atomic E-state index is -0.358. The van der Waals surface area contributed by atoms with Crippen LogP contribution in [0.25, 0.3) is 11.1 Å². The fraction of sp³-hybridized carbons (Fsp3) is 0.310. The summed E-state index contributed by atoms with van der Waals surface area (Å²) in [5, 5.41) is 6.28. The standard InChI is InChI=1S/C29H32N2O6/c1-17(32)31-22-12-10-18-14-26(35-3)28(36-4)29(37-5)27(18)20-11-13-23(24(33)15-21(20)22)30-16-19-8-6-7-9-25(19)34-2/h6-9,11,13-15,22H,10,12,16H2,1-5H3,(H,30,33)(H,31,32)/t22-/m0/s1. The van der Waals surface area contributed by atoms with Gasteiger partial charge in [0.05, 0.1) is 40.2 Å². The number of benzene rings is 2. The third-order valence-electron chi connectivity index (χ3n) is 6.58. The van der Waals surface area contributed by atoms with E-state index in [-0.39, 0.29) is 17.4 Å². The summed E-state index contributed by atoms with van der Waals surface area (Å²) >= 11 is 0. The van der Waals surface area contributed by atoms with Crippen molar-refractivity contribution in [1.82, 2.24) is 5.32 Å². The highest BCUT2D eigenvalue weighted by molar-refractivity contribution is 5.83. The van der Waals surface area contributed by atoms with Crippen molar-refractivity contribution in [2.75, 3.05) is 33.8 Å². The van der Waals surface area contributed by atoms with E-state index in [9.17, 15) is 9.59 Å². The van der Waals surface area contributed by atoms with Gasteiger partial charge in [-0.2, -0.15) is 0 Å². The number of amides is 1. The Morgan fingerprint density at radius 1 is 0.919 bits per heavy atom. The molecular formula is C29H32N2O6. The Labute approximate surface area is 216 Å². The molecule has 194 valence electrons. The second kappa shape index (κ2) is 11.2. The molecule has 1 aliphatic rings. The first-order chi connectivity index (χ1) is 17.9. The molecule has 0 fully saturated rings. The van der Waals surface area contributed by atoms with Gasteiger partial charge in [0, 0.05) is 24.6 Å². The first-order valence-corrected chi connectivity index (χ1v) is 12.0. The van der Waals surface area contributed by atoms with Crippen molar-refractivity contribution >= 4 is 11.6 Å². The van der Waals surface area contributed by atoms with E-state index < -0.39 is 0 Å². The number of ether oxygens (including phenoxy) is 4. The van der Waals surface area contributed by atoms with E-state index in [4.69, 9.17) is 18.9 Å². The topological polar surface area (TPSA) is 95.1 Å². The highest BCUT2D eigenvalue weighted by Crippen LogP contribution is 2.50. The lowest BCUT2D eigenvalue weighted by molar-refractivity contribution is -0.119. The third kappa shape index (κ3) is 5.18. The summed E-state index contributed by atoms with van der Waals surface area (Å²) in [6.45, 7) is 1.89. The summed E-state index contributed by atoms with van der Waals surface area (Å²) in [6.07, 6.45) is 1.24. The lowest BCUT2D eigenvalue weighted by Gasteiger charge is -2.19. The van der Waals surface area contributed by atoms with Gasteiger partial charge in [-0.25, -0.2) is 0 Å². The van der Waals surface area contributed by atoms with Crippen LogP contribution in [0.4, 0.5) is 5.69 Å². The number of carbonyl (C=O) groups is 1. The quantitative estimate of drug-likeness (QED) is 0.467. The number of fused-ring (bicyclic) bond motifs is 3. The van der Waals surface area contributed by atoms with Crippen LogP contribution in [0.5, 0.6) is 23.0 Å². The monoisotopic (exact) mass is 504 g/mol. The zero-order valence-electron chi connectivity index (χ0n) is 21.8. The molecule has 8 heteroatoms. The predicted molar refractivity (Wildman–Crippen MR) is 143 cm³/mol. The molecular weight excluding hydrogens is 472 g/mol. The lowest BCUT2D eigenvalue weighted by Crippen LogP contribution is -2.26. The summed E-state index contributed by atoms with van der Waals surface area (Å²) < 4.78 is 22.5. The van der Waals surface area contributed by atoms with Gasteiger partial charge >= 0.3 is 0 Å². The number of aryl methyl sites for hydroxylation is 1. The van der Waals surface area contributed by atoms with Crippen molar-refractivity contribution < 1.29 is 23.7 Å².